The number of aliphatic hydroxyl groups is 1. The number of rotatable bonds is 3. The lowest BCUT2D eigenvalue weighted by Crippen LogP contribution is -2.48. The van der Waals surface area contributed by atoms with Crippen molar-refractivity contribution in [2.24, 2.45) is 0 Å². The van der Waals surface area contributed by atoms with Crippen molar-refractivity contribution in [1.82, 2.24) is 9.97 Å². The van der Waals surface area contributed by atoms with Gasteiger partial charge in [0, 0.05) is 11.8 Å². The van der Waals surface area contributed by atoms with Crippen molar-refractivity contribution in [3.63, 3.8) is 0 Å². The Bertz CT molecular complexity index is 807. The van der Waals surface area contributed by atoms with Gasteiger partial charge in [-0.25, -0.2) is 14.4 Å². The zero-order valence-electron chi connectivity index (χ0n) is 13.2. The molecule has 0 saturated heterocycles. The highest BCUT2D eigenvalue weighted by atomic mass is 32.2. The molecule has 0 saturated carbocycles. The van der Waals surface area contributed by atoms with Crippen LogP contribution in [0.25, 0.3) is 0 Å². The van der Waals surface area contributed by atoms with E-state index >= 15 is 0 Å². The Morgan fingerprint density at radius 2 is 2.21 bits per heavy atom. The Morgan fingerprint density at radius 1 is 1.42 bits per heavy atom. The molecule has 1 aromatic carbocycles. The van der Waals surface area contributed by atoms with E-state index in [0.717, 1.165) is 0 Å². The average Bonchev–Trinajstić information content (AvgIpc) is 2.58. The van der Waals surface area contributed by atoms with E-state index in [1.807, 2.05) is 0 Å². The number of alkyl halides is 1. The smallest absolute Gasteiger partial charge is 0.188 e. The number of benzene rings is 1. The van der Waals surface area contributed by atoms with Crippen LogP contribution in [0, 0.1) is 11.3 Å². The first-order valence-electron chi connectivity index (χ1n) is 7.40. The molecule has 1 N–H and O–H groups in total. The maximum Gasteiger partial charge on any atom is 0.188 e. The van der Waals surface area contributed by atoms with Gasteiger partial charge in [0.15, 0.2) is 5.16 Å². The maximum atomic E-state index is 12.8. The van der Waals surface area contributed by atoms with Gasteiger partial charge in [0.05, 0.1) is 22.6 Å². The summed E-state index contributed by atoms with van der Waals surface area (Å²) >= 11 is 1.24. The summed E-state index contributed by atoms with van der Waals surface area (Å²) in [5.41, 5.74) is 0.670. The van der Waals surface area contributed by atoms with Gasteiger partial charge < -0.3 is 9.84 Å². The van der Waals surface area contributed by atoms with Crippen molar-refractivity contribution < 1.29 is 14.2 Å². The van der Waals surface area contributed by atoms with Crippen LogP contribution in [-0.2, 0) is 6.67 Å². The number of fused-ring (bicyclic) bond motifs is 1. The quantitative estimate of drug-likeness (QED) is 0.861. The molecule has 0 aliphatic carbocycles. The lowest BCUT2D eigenvalue weighted by Gasteiger charge is -2.41. The summed E-state index contributed by atoms with van der Waals surface area (Å²) < 4.78 is 18.7. The molecule has 0 radical (unpaired) electrons. The molecule has 1 aliphatic heterocycles. The van der Waals surface area contributed by atoms with E-state index < -0.39 is 23.6 Å². The fourth-order valence-electron chi connectivity index (χ4n) is 2.56. The van der Waals surface area contributed by atoms with Gasteiger partial charge >= 0.3 is 0 Å². The Balaban J connectivity index is 2.03. The fraction of sp³-hybridized carbons (Fsp3) is 0.353. The Morgan fingerprint density at radius 3 is 2.92 bits per heavy atom. The molecule has 0 spiro atoms. The van der Waals surface area contributed by atoms with Crippen molar-refractivity contribution in [3.8, 4) is 11.8 Å². The second kappa shape index (κ2) is 6.38. The molecule has 3 rings (SSSR count). The minimum absolute atomic E-state index is 0.291. The van der Waals surface area contributed by atoms with E-state index in [4.69, 9.17) is 10.00 Å². The molecule has 124 valence electrons. The molecular formula is C17H16FN3O2S. The highest BCUT2D eigenvalue weighted by molar-refractivity contribution is 7.99. The van der Waals surface area contributed by atoms with Crippen LogP contribution in [0.15, 0.2) is 35.6 Å². The second-order valence-corrected chi connectivity index (χ2v) is 7.13. The predicted octanol–water partition coefficient (Wildman–Crippen LogP) is 3.18. The van der Waals surface area contributed by atoms with Crippen LogP contribution < -0.4 is 4.74 Å². The molecule has 1 aliphatic rings. The number of aliphatic hydroxyl groups excluding tert-OH is 1. The molecule has 2 heterocycles. The van der Waals surface area contributed by atoms with Crippen molar-refractivity contribution in [3.05, 3.63) is 47.3 Å². The highest BCUT2D eigenvalue weighted by Gasteiger charge is 2.43. The fourth-order valence-corrected chi connectivity index (χ4v) is 3.85. The van der Waals surface area contributed by atoms with E-state index in [0.29, 0.717) is 27.7 Å². The normalized spacial score (nSPS) is 21.5. The third kappa shape index (κ3) is 3.07. The van der Waals surface area contributed by atoms with Gasteiger partial charge in [0.25, 0.3) is 0 Å². The summed E-state index contributed by atoms with van der Waals surface area (Å²) in [7, 11) is 0. The summed E-state index contributed by atoms with van der Waals surface area (Å²) in [5.74, 6) is 0.614. The van der Waals surface area contributed by atoms with E-state index in [-0.39, 0.29) is 0 Å². The molecule has 2 atom stereocenters. The average molecular weight is 345 g/mol. The zero-order valence-corrected chi connectivity index (χ0v) is 14.0. The summed E-state index contributed by atoms with van der Waals surface area (Å²) in [5, 5.41) is 19.8. The van der Waals surface area contributed by atoms with Crippen molar-refractivity contribution in [1.29, 1.82) is 5.26 Å². The summed E-state index contributed by atoms with van der Waals surface area (Å²) in [4.78, 5) is 8.29. The van der Waals surface area contributed by atoms with Gasteiger partial charge in [-0.05, 0) is 38.1 Å². The van der Waals surface area contributed by atoms with Gasteiger partial charge in [0.1, 0.15) is 24.1 Å². The topological polar surface area (TPSA) is 79.0 Å². The molecule has 5 nitrogen and oxygen atoms in total. The predicted molar refractivity (Wildman–Crippen MR) is 87.3 cm³/mol. The third-order valence-electron chi connectivity index (χ3n) is 3.88. The van der Waals surface area contributed by atoms with Gasteiger partial charge in [-0.2, -0.15) is 5.26 Å². The van der Waals surface area contributed by atoms with Gasteiger partial charge in [0.2, 0.25) is 0 Å². The molecule has 24 heavy (non-hydrogen) atoms. The largest absolute Gasteiger partial charge is 0.485 e. The van der Waals surface area contributed by atoms with E-state index in [1.54, 1.807) is 32.0 Å². The molecule has 0 amide bonds. The van der Waals surface area contributed by atoms with Gasteiger partial charge in [-0.3, -0.25) is 0 Å². The number of ether oxygens (including phenoxy) is 1. The van der Waals surface area contributed by atoms with Crippen LogP contribution in [-0.4, -0.2) is 26.8 Å². The van der Waals surface area contributed by atoms with E-state index in [9.17, 15) is 9.50 Å². The van der Waals surface area contributed by atoms with Crippen molar-refractivity contribution in [2.75, 3.05) is 0 Å². The van der Waals surface area contributed by atoms with Crippen molar-refractivity contribution in [2.45, 2.75) is 42.6 Å². The molecule has 0 unspecified atom stereocenters. The van der Waals surface area contributed by atoms with Crippen LogP contribution in [0.3, 0.4) is 0 Å². The molecule has 0 fully saturated rings. The van der Waals surface area contributed by atoms with Gasteiger partial charge in [-0.1, -0.05) is 11.8 Å². The number of thioether (sulfide) groups is 1. The van der Waals surface area contributed by atoms with Crippen LogP contribution in [0.1, 0.15) is 35.9 Å². The number of aromatic nitrogens is 2. The van der Waals surface area contributed by atoms with Crippen LogP contribution in [0.4, 0.5) is 4.39 Å². The molecule has 2 aromatic rings. The molecule has 7 heteroatoms. The SMILES string of the molecule is CC1(C)Oc2ccc(C#N)cc2[C@@H](Sc2nccc(CF)n2)[C@@H]1O. The molecular weight excluding hydrogens is 329 g/mol. The minimum Gasteiger partial charge on any atom is -0.485 e. The Labute approximate surface area is 143 Å². The number of hydrogen-bond acceptors (Lipinski definition) is 6. The van der Waals surface area contributed by atoms with Crippen molar-refractivity contribution >= 4 is 11.8 Å². The van der Waals surface area contributed by atoms with Crippen LogP contribution >= 0.6 is 11.8 Å². The summed E-state index contributed by atoms with van der Waals surface area (Å²) in [6, 6.07) is 8.70. The molecule has 1 aromatic heterocycles. The first-order chi connectivity index (χ1) is 11.4. The number of hydrogen-bond donors (Lipinski definition) is 1. The highest BCUT2D eigenvalue weighted by Crippen LogP contribution is 2.48. The standard InChI is InChI=1S/C17H16FN3O2S/c1-17(2)15(22)14(24-16-20-6-5-11(8-18)21-16)12-7-10(9-19)3-4-13(12)23-17/h3-7,14-15,22H,8H2,1-2H3/t14-,15+/m1/s1. The van der Waals surface area contributed by atoms with E-state index in [2.05, 4.69) is 16.0 Å². The number of nitrogens with zero attached hydrogens (tertiary/aromatic N) is 3. The Hall–Kier alpha value is -2.17. The first-order valence-corrected chi connectivity index (χ1v) is 8.28. The maximum absolute atomic E-state index is 12.8. The lowest BCUT2D eigenvalue weighted by atomic mass is 9.90. The lowest BCUT2D eigenvalue weighted by molar-refractivity contribution is -0.0430. The Kier molecular flexibility index (Phi) is 4.43. The zero-order chi connectivity index (χ0) is 17.3. The monoisotopic (exact) mass is 345 g/mol. The third-order valence-corrected chi connectivity index (χ3v) is 5.05. The van der Waals surface area contributed by atoms with Gasteiger partial charge in [-0.15, -0.1) is 0 Å². The molecule has 0 bridgehead atoms. The summed E-state index contributed by atoms with van der Waals surface area (Å²) in [6.45, 7) is 2.92. The minimum atomic E-state index is -0.846. The van der Waals surface area contributed by atoms with Crippen LogP contribution in [0.5, 0.6) is 5.75 Å². The number of halogens is 1. The van der Waals surface area contributed by atoms with E-state index in [1.165, 1.54) is 24.0 Å². The number of nitriles is 1. The first kappa shape index (κ1) is 16.7. The summed E-state index contributed by atoms with van der Waals surface area (Å²) in [6.07, 6.45) is 0.648. The second-order valence-electron chi connectivity index (χ2n) is 6.02. The van der Waals surface area contributed by atoms with Crippen LogP contribution in [0.2, 0.25) is 0 Å².